The molecule has 0 aromatic carbocycles. The zero-order valence-electron chi connectivity index (χ0n) is 10.1. The lowest BCUT2D eigenvalue weighted by atomic mass is 10.1. The molecule has 0 atom stereocenters. The van der Waals surface area contributed by atoms with E-state index >= 15 is 0 Å². The SMILES string of the molecule is Cn1ccnc1-c1nnc2n1CCCCCC2. The average Bonchev–Trinajstić information content (AvgIpc) is 2.84. The van der Waals surface area contributed by atoms with Crippen molar-refractivity contribution >= 4 is 0 Å². The van der Waals surface area contributed by atoms with Gasteiger partial charge in [-0.2, -0.15) is 0 Å². The number of hydrogen-bond donors (Lipinski definition) is 0. The van der Waals surface area contributed by atoms with Gasteiger partial charge < -0.3 is 9.13 Å². The van der Waals surface area contributed by atoms with E-state index in [1.807, 2.05) is 17.8 Å². The van der Waals surface area contributed by atoms with E-state index in [0.717, 1.165) is 30.4 Å². The summed E-state index contributed by atoms with van der Waals surface area (Å²) in [7, 11) is 1.99. The van der Waals surface area contributed by atoms with Crippen molar-refractivity contribution in [1.82, 2.24) is 24.3 Å². The van der Waals surface area contributed by atoms with E-state index in [0.29, 0.717) is 0 Å². The molecule has 0 unspecified atom stereocenters. The first-order valence-corrected chi connectivity index (χ1v) is 6.26. The first-order chi connectivity index (χ1) is 8.36. The van der Waals surface area contributed by atoms with Gasteiger partial charge in [-0.1, -0.05) is 12.8 Å². The summed E-state index contributed by atoms with van der Waals surface area (Å²) in [5.41, 5.74) is 0. The Balaban J connectivity index is 2.04. The van der Waals surface area contributed by atoms with Crippen LogP contribution in [0.1, 0.15) is 31.5 Å². The normalized spacial score (nSPS) is 16.3. The van der Waals surface area contributed by atoms with Gasteiger partial charge >= 0.3 is 0 Å². The Labute approximate surface area is 101 Å². The van der Waals surface area contributed by atoms with Gasteiger partial charge in [0.1, 0.15) is 5.82 Å². The second-order valence-electron chi connectivity index (χ2n) is 4.62. The van der Waals surface area contributed by atoms with Gasteiger partial charge in [-0.3, -0.25) is 0 Å². The van der Waals surface area contributed by atoms with Crippen molar-refractivity contribution in [2.45, 2.75) is 38.6 Å². The van der Waals surface area contributed by atoms with Gasteiger partial charge in [0.05, 0.1) is 0 Å². The van der Waals surface area contributed by atoms with Crippen LogP contribution < -0.4 is 0 Å². The van der Waals surface area contributed by atoms with Crippen LogP contribution in [0.3, 0.4) is 0 Å². The van der Waals surface area contributed by atoms with E-state index in [-0.39, 0.29) is 0 Å². The molecule has 3 heterocycles. The predicted molar refractivity (Wildman–Crippen MR) is 64.4 cm³/mol. The van der Waals surface area contributed by atoms with E-state index in [1.54, 1.807) is 6.20 Å². The van der Waals surface area contributed by atoms with Crippen LogP contribution in [-0.2, 0) is 20.0 Å². The number of aromatic nitrogens is 5. The van der Waals surface area contributed by atoms with Crippen LogP contribution in [0.4, 0.5) is 0 Å². The molecule has 1 aliphatic rings. The summed E-state index contributed by atoms with van der Waals surface area (Å²) in [5.74, 6) is 2.93. The van der Waals surface area contributed by atoms with E-state index < -0.39 is 0 Å². The average molecular weight is 231 g/mol. The molecular formula is C12H17N5. The molecule has 0 saturated heterocycles. The molecule has 2 aromatic heterocycles. The molecule has 17 heavy (non-hydrogen) atoms. The molecule has 2 aromatic rings. The van der Waals surface area contributed by atoms with Gasteiger partial charge in [0.15, 0.2) is 11.6 Å². The fraction of sp³-hybridized carbons (Fsp3) is 0.583. The molecule has 3 rings (SSSR count). The highest BCUT2D eigenvalue weighted by atomic mass is 15.3. The third kappa shape index (κ3) is 1.85. The van der Waals surface area contributed by atoms with Gasteiger partial charge in [0, 0.05) is 32.4 Å². The van der Waals surface area contributed by atoms with Crippen molar-refractivity contribution in [2.75, 3.05) is 0 Å². The van der Waals surface area contributed by atoms with Crippen molar-refractivity contribution in [3.05, 3.63) is 18.2 Å². The standard InChI is InChI=1S/C12H17N5/c1-16-9-7-13-11(16)12-15-14-10-6-4-2-3-5-8-17(10)12/h7,9H,2-6,8H2,1H3. The molecule has 0 amide bonds. The van der Waals surface area contributed by atoms with Gasteiger partial charge in [0.2, 0.25) is 0 Å². The maximum Gasteiger partial charge on any atom is 0.200 e. The van der Waals surface area contributed by atoms with Crippen LogP contribution in [-0.4, -0.2) is 24.3 Å². The summed E-state index contributed by atoms with van der Waals surface area (Å²) in [6.07, 6.45) is 9.83. The molecule has 0 fully saturated rings. The third-order valence-electron chi connectivity index (χ3n) is 3.38. The number of fused-ring (bicyclic) bond motifs is 1. The van der Waals surface area contributed by atoms with Crippen LogP contribution in [0.15, 0.2) is 12.4 Å². The van der Waals surface area contributed by atoms with Crippen molar-refractivity contribution in [2.24, 2.45) is 7.05 Å². The van der Waals surface area contributed by atoms with E-state index in [9.17, 15) is 0 Å². The molecule has 0 radical (unpaired) electrons. The molecule has 1 aliphatic heterocycles. The second kappa shape index (κ2) is 4.31. The maximum atomic E-state index is 4.36. The van der Waals surface area contributed by atoms with Crippen LogP contribution in [0.25, 0.3) is 11.6 Å². The molecule has 0 aliphatic carbocycles. The monoisotopic (exact) mass is 231 g/mol. The van der Waals surface area contributed by atoms with Gasteiger partial charge in [0.25, 0.3) is 0 Å². The highest BCUT2D eigenvalue weighted by molar-refractivity contribution is 5.44. The first kappa shape index (κ1) is 10.5. The van der Waals surface area contributed by atoms with Crippen molar-refractivity contribution in [1.29, 1.82) is 0 Å². The first-order valence-electron chi connectivity index (χ1n) is 6.26. The molecule has 90 valence electrons. The third-order valence-corrected chi connectivity index (χ3v) is 3.38. The molecule has 0 N–H and O–H groups in total. The van der Waals surface area contributed by atoms with Crippen molar-refractivity contribution in [3.63, 3.8) is 0 Å². The lowest BCUT2D eigenvalue weighted by Crippen LogP contribution is -2.10. The maximum absolute atomic E-state index is 4.36. The van der Waals surface area contributed by atoms with E-state index in [2.05, 4.69) is 19.7 Å². The van der Waals surface area contributed by atoms with Crippen LogP contribution in [0.2, 0.25) is 0 Å². The zero-order valence-corrected chi connectivity index (χ0v) is 10.1. The van der Waals surface area contributed by atoms with Crippen molar-refractivity contribution in [3.8, 4) is 11.6 Å². The number of imidazole rings is 1. The van der Waals surface area contributed by atoms with Crippen molar-refractivity contribution < 1.29 is 0 Å². The fourth-order valence-electron chi connectivity index (χ4n) is 2.41. The van der Waals surface area contributed by atoms with Crippen LogP contribution >= 0.6 is 0 Å². The highest BCUT2D eigenvalue weighted by Gasteiger charge is 2.17. The lowest BCUT2D eigenvalue weighted by Gasteiger charge is -2.13. The lowest BCUT2D eigenvalue weighted by molar-refractivity contribution is 0.517. The number of rotatable bonds is 1. The van der Waals surface area contributed by atoms with E-state index in [4.69, 9.17) is 0 Å². The van der Waals surface area contributed by atoms with E-state index in [1.165, 1.54) is 25.7 Å². The van der Waals surface area contributed by atoms with Gasteiger partial charge in [-0.05, 0) is 12.8 Å². The number of hydrogen-bond acceptors (Lipinski definition) is 3. The second-order valence-corrected chi connectivity index (χ2v) is 4.62. The molecule has 0 bridgehead atoms. The summed E-state index contributed by atoms with van der Waals surface area (Å²) < 4.78 is 4.23. The van der Waals surface area contributed by atoms with Crippen LogP contribution in [0.5, 0.6) is 0 Å². The molecule has 5 heteroatoms. The number of nitrogens with zero attached hydrogens (tertiary/aromatic N) is 5. The molecule has 0 saturated carbocycles. The quantitative estimate of drug-likeness (QED) is 0.752. The summed E-state index contributed by atoms with van der Waals surface area (Å²) in [6, 6.07) is 0. The highest BCUT2D eigenvalue weighted by Crippen LogP contribution is 2.20. The molecular weight excluding hydrogens is 214 g/mol. The summed E-state index contributed by atoms with van der Waals surface area (Å²) in [6.45, 7) is 1.02. The largest absolute Gasteiger partial charge is 0.331 e. The zero-order chi connectivity index (χ0) is 11.7. The summed E-state index contributed by atoms with van der Waals surface area (Å²) >= 11 is 0. The number of aryl methyl sites for hydroxylation is 2. The summed E-state index contributed by atoms with van der Waals surface area (Å²) in [5, 5.41) is 8.63. The Bertz CT molecular complexity index is 511. The van der Waals surface area contributed by atoms with Gasteiger partial charge in [-0.15, -0.1) is 10.2 Å². The Kier molecular flexibility index (Phi) is 2.66. The van der Waals surface area contributed by atoms with Crippen LogP contribution in [0, 0.1) is 0 Å². The predicted octanol–water partition coefficient (Wildman–Crippen LogP) is 1.80. The minimum Gasteiger partial charge on any atom is -0.331 e. The molecule has 5 nitrogen and oxygen atoms in total. The Morgan fingerprint density at radius 3 is 2.76 bits per heavy atom. The minimum absolute atomic E-state index is 0.907. The Hall–Kier alpha value is -1.65. The Morgan fingerprint density at radius 1 is 1.06 bits per heavy atom. The summed E-state index contributed by atoms with van der Waals surface area (Å²) in [4.78, 5) is 4.36. The topological polar surface area (TPSA) is 48.5 Å². The minimum atomic E-state index is 0.907. The molecule has 0 spiro atoms. The fourth-order valence-corrected chi connectivity index (χ4v) is 2.41. The smallest absolute Gasteiger partial charge is 0.200 e. The Morgan fingerprint density at radius 2 is 1.94 bits per heavy atom. The van der Waals surface area contributed by atoms with Gasteiger partial charge in [-0.25, -0.2) is 4.98 Å².